The van der Waals surface area contributed by atoms with Crippen molar-refractivity contribution in [1.82, 2.24) is 24.3 Å². The van der Waals surface area contributed by atoms with Crippen molar-refractivity contribution < 1.29 is 27.4 Å². The molecule has 1 unspecified atom stereocenters. The number of piperidine rings is 1. The summed E-state index contributed by atoms with van der Waals surface area (Å²) in [4.78, 5) is 41.9. The lowest BCUT2D eigenvalue weighted by molar-refractivity contribution is -0.485. The second-order valence-electron chi connectivity index (χ2n) is 9.91. The molecule has 1 aromatic heterocycles. The highest BCUT2D eigenvalue weighted by Gasteiger charge is 2.54. The van der Waals surface area contributed by atoms with Gasteiger partial charge in [-0.1, -0.05) is 0 Å². The van der Waals surface area contributed by atoms with Crippen molar-refractivity contribution in [3.05, 3.63) is 28.3 Å². The predicted molar refractivity (Wildman–Crippen MR) is 129 cm³/mol. The molecule has 4 aliphatic rings. The van der Waals surface area contributed by atoms with Gasteiger partial charge in [0.2, 0.25) is 15.9 Å². The van der Waals surface area contributed by atoms with Crippen molar-refractivity contribution >= 4 is 44.7 Å². The van der Waals surface area contributed by atoms with Crippen LogP contribution in [0, 0.1) is 5.92 Å². The normalized spacial score (nSPS) is 24.7. The highest BCUT2D eigenvalue weighted by molar-refractivity contribution is 8.27. The van der Waals surface area contributed by atoms with Crippen LogP contribution in [0.2, 0.25) is 0 Å². The van der Waals surface area contributed by atoms with Crippen molar-refractivity contribution in [2.75, 3.05) is 13.1 Å². The Morgan fingerprint density at radius 2 is 1.97 bits per heavy atom. The van der Waals surface area contributed by atoms with Crippen LogP contribution < -0.4 is 4.72 Å². The molecule has 0 spiro atoms. The van der Waals surface area contributed by atoms with Crippen LogP contribution in [0.3, 0.4) is 0 Å². The van der Waals surface area contributed by atoms with E-state index in [9.17, 15) is 22.8 Å². The first-order valence-electron chi connectivity index (χ1n) is 11.7. The summed E-state index contributed by atoms with van der Waals surface area (Å²) in [7, 11) is -2.07. The lowest BCUT2D eigenvalue weighted by atomic mass is 10.0. The summed E-state index contributed by atoms with van der Waals surface area (Å²) >= 11 is 0.987. The fraction of sp³-hybridized carbons (Fsp3) is 0.591. The number of nitrogens with one attached hydrogen (secondary N) is 1. The first-order valence-corrected chi connectivity index (χ1v) is 14.0. The van der Waals surface area contributed by atoms with E-state index >= 15 is 0 Å². The number of rotatable bonds is 6. The van der Waals surface area contributed by atoms with E-state index in [0.29, 0.717) is 36.5 Å². The molecule has 1 N–H and O–H groups in total. The number of carbonyl (C=O) groups is 3. The number of nitrogens with zero attached hydrogens (tertiary/aromatic N) is 5. The molecular formula is C22H29N6O5S2+. The number of hydrogen-bond acceptors (Lipinski definition) is 7. The smallest absolute Gasteiger partial charge is 0.343 e. The van der Waals surface area contributed by atoms with Crippen LogP contribution in [0.1, 0.15) is 45.1 Å². The van der Waals surface area contributed by atoms with E-state index in [-0.39, 0.29) is 22.7 Å². The molecule has 3 aliphatic heterocycles. The summed E-state index contributed by atoms with van der Waals surface area (Å²) in [6.45, 7) is 4.43. The van der Waals surface area contributed by atoms with E-state index in [1.165, 1.54) is 17.9 Å². The monoisotopic (exact) mass is 521 g/mol. The third-order valence-corrected chi connectivity index (χ3v) is 10.3. The summed E-state index contributed by atoms with van der Waals surface area (Å²) in [5.41, 5.74) is 0.249. The van der Waals surface area contributed by atoms with Gasteiger partial charge in [0.15, 0.2) is 5.04 Å². The molecule has 2 fully saturated rings. The van der Waals surface area contributed by atoms with Gasteiger partial charge in [-0.3, -0.25) is 9.48 Å². The number of imide groups is 1. The quantitative estimate of drug-likeness (QED) is 0.553. The molecule has 1 aliphatic carbocycles. The minimum Gasteiger partial charge on any atom is -0.343 e. The predicted octanol–water partition coefficient (Wildman–Crippen LogP) is 0.981. The van der Waals surface area contributed by atoms with Crippen molar-refractivity contribution in [2.24, 2.45) is 13.0 Å². The zero-order valence-corrected chi connectivity index (χ0v) is 21.6. The fourth-order valence-electron chi connectivity index (χ4n) is 4.74. The average Bonchev–Trinajstić information content (AvgIpc) is 3.17. The lowest BCUT2D eigenvalue weighted by Crippen LogP contribution is -2.56. The van der Waals surface area contributed by atoms with Gasteiger partial charge in [0.1, 0.15) is 22.7 Å². The van der Waals surface area contributed by atoms with Gasteiger partial charge in [0.25, 0.3) is 0 Å². The summed E-state index contributed by atoms with van der Waals surface area (Å²) in [6, 6.07) is -0.704. The summed E-state index contributed by atoms with van der Waals surface area (Å²) in [5.74, 6) is -1.31. The van der Waals surface area contributed by atoms with Gasteiger partial charge in [0.05, 0.1) is 6.20 Å². The van der Waals surface area contributed by atoms with Gasteiger partial charge in [-0.25, -0.2) is 17.9 Å². The number of aryl methyl sites for hydroxylation is 1. The molecule has 11 nitrogen and oxygen atoms in total. The Morgan fingerprint density at radius 1 is 1.29 bits per heavy atom. The van der Waals surface area contributed by atoms with E-state index < -0.39 is 33.4 Å². The molecule has 13 heteroatoms. The van der Waals surface area contributed by atoms with E-state index in [0.717, 1.165) is 24.6 Å². The Labute approximate surface area is 208 Å². The summed E-state index contributed by atoms with van der Waals surface area (Å²) in [5, 5.41) is 4.56. The molecule has 0 radical (unpaired) electrons. The molecule has 0 bridgehead atoms. The van der Waals surface area contributed by atoms with Crippen LogP contribution in [0.15, 0.2) is 22.7 Å². The minimum absolute atomic E-state index is 0.0164. The first kappa shape index (κ1) is 24.2. The number of fused-ring (bicyclic) bond motifs is 1. The van der Waals surface area contributed by atoms with Crippen molar-refractivity contribution in [2.45, 2.75) is 57.7 Å². The summed E-state index contributed by atoms with van der Waals surface area (Å²) < 4.78 is 32.2. The third kappa shape index (κ3) is 4.56. The molecule has 1 saturated carbocycles. The zero-order chi connectivity index (χ0) is 25.1. The Morgan fingerprint density at radius 3 is 2.54 bits per heavy atom. The van der Waals surface area contributed by atoms with Crippen LogP contribution in [0.5, 0.6) is 0 Å². The van der Waals surface area contributed by atoms with Gasteiger partial charge in [0, 0.05) is 57.2 Å². The maximum Gasteiger partial charge on any atom is 0.501 e. The number of thioether (sulfide) groups is 1. The number of aromatic nitrogens is 2. The molecule has 1 aromatic rings. The topological polar surface area (TPSA) is 125 Å². The van der Waals surface area contributed by atoms with Crippen LogP contribution in [-0.4, -0.2) is 80.1 Å². The Balaban J connectivity index is 1.49. The Hall–Kier alpha value is -2.51. The van der Waals surface area contributed by atoms with E-state index in [1.807, 2.05) is 6.92 Å². The van der Waals surface area contributed by atoms with E-state index in [4.69, 9.17) is 0 Å². The second kappa shape index (κ2) is 8.56. The molecule has 35 heavy (non-hydrogen) atoms. The number of sulfonamides is 1. The van der Waals surface area contributed by atoms with Crippen molar-refractivity contribution in [3.63, 3.8) is 0 Å². The zero-order valence-electron chi connectivity index (χ0n) is 19.9. The average molecular weight is 522 g/mol. The number of likely N-dealkylation sites (tertiary alicyclic amines) is 1. The number of hydrogen-bond donors (Lipinski definition) is 1. The van der Waals surface area contributed by atoms with Crippen molar-refractivity contribution in [1.29, 1.82) is 0 Å². The SMILES string of the molecule is CC(=O)N1CCC([N+]2=C3SC(S(=O)(=O)NC4(C)CC4)=CC3C(=O)N(Cc3cnn(C)c3)C2=O)CC1. The largest absolute Gasteiger partial charge is 0.501 e. The third-order valence-electron chi connectivity index (χ3n) is 7.00. The highest BCUT2D eigenvalue weighted by atomic mass is 32.3. The van der Waals surface area contributed by atoms with Crippen LogP contribution >= 0.6 is 11.8 Å². The first-order chi connectivity index (χ1) is 16.5. The molecular weight excluding hydrogens is 492 g/mol. The second-order valence-corrected chi connectivity index (χ2v) is 12.9. The maximum absolute atomic E-state index is 13.7. The maximum atomic E-state index is 13.7. The molecule has 5 rings (SSSR count). The molecule has 1 saturated heterocycles. The van der Waals surface area contributed by atoms with Crippen molar-refractivity contribution in [3.8, 4) is 0 Å². The molecule has 188 valence electrons. The molecule has 4 heterocycles. The Bertz CT molecular complexity index is 1270. The van der Waals surface area contributed by atoms with Crippen LogP contribution in [-0.2, 0) is 33.2 Å². The molecule has 4 amide bonds. The van der Waals surface area contributed by atoms with Gasteiger partial charge in [-0.15, -0.1) is 0 Å². The van der Waals surface area contributed by atoms with E-state index in [1.54, 1.807) is 33.6 Å². The fourth-order valence-corrected chi connectivity index (χ4v) is 7.86. The summed E-state index contributed by atoms with van der Waals surface area (Å²) in [6.07, 6.45) is 7.44. The highest BCUT2D eigenvalue weighted by Crippen LogP contribution is 2.42. The van der Waals surface area contributed by atoms with Crippen LogP contribution in [0.4, 0.5) is 4.79 Å². The van der Waals surface area contributed by atoms with Gasteiger partial charge < -0.3 is 4.90 Å². The number of carbonyl (C=O) groups excluding carboxylic acids is 3. The number of amides is 4. The standard InChI is InChI=1S/C22H29N6O5S2/c1-14(29)26-8-4-16(5-9-26)28-20-17(10-18(34-20)35(32,33)24-22(2)6-7-22)19(30)27(21(28)31)13-15-11-23-25(3)12-15/h10-12,16-17,24H,4-9,13H2,1-3H3/q+1. The van der Waals surface area contributed by atoms with E-state index in [2.05, 4.69) is 9.82 Å². The molecule has 1 atom stereocenters. The van der Waals surface area contributed by atoms with Gasteiger partial charge in [-0.05, 0) is 37.6 Å². The number of urea groups is 1. The van der Waals surface area contributed by atoms with Crippen LogP contribution in [0.25, 0.3) is 0 Å². The Kier molecular flexibility index (Phi) is 5.92. The lowest BCUT2D eigenvalue weighted by Gasteiger charge is -2.33. The van der Waals surface area contributed by atoms with Gasteiger partial charge >= 0.3 is 11.9 Å². The minimum atomic E-state index is -3.82. The van der Waals surface area contributed by atoms with Gasteiger partial charge in [-0.2, -0.15) is 19.4 Å². The molecule has 0 aromatic carbocycles.